The highest BCUT2D eigenvalue weighted by atomic mass is 79.9. The largest absolute Gasteiger partial charge is 0.467 e. The van der Waals surface area contributed by atoms with Crippen LogP contribution in [0, 0.1) is 0 Å². The molecule has 21 heavy (non-hydrogen) atoms. The van der Waals surface area contributed by atoms with Gasteiger partial charge in [-0.25, -0.2) is 0 Å². The van der Waals surface area contributed by atoms with Crippen molar-refractivity contribution >= 4 is 34.2 Å². The Morgan fingerprint density at radius 1 is 1.43 bits per heavy atom. The quantitative estimate of drug-likeness (QED) is 0.882. The van der Waals surface area contributed by atoms with Crippen LogP contribution < -0.4 is 5.73 Å². The lowest BCUT2D eigenvalue weighted by molar-refractivity contribution is 0.0733. The predicted octanol–water partition coefficient (Wildman–Crippen LogP) is 3.12. The van der Waals surface area contributed by atoms with E-state index in [1.807, 2.05) is 17.0 Å². The van der Waals surface area contributed by atoms with Gasteiger partial charge in [-0.1, -0.05) is 28.1 Å². The molecule has 112 valence electrons. The van der Waals surface area contributed by atoms with Crippen molar-refractivity contribution in [1.82, 2.24) is 4.90 Å². The highest BCUT2D eigenvalue weighted by Gasteiger charge is 2.24. The summed E-state index contributed by atoms with van der Waals surface area (Å²) in [6.07, 6.45) is 2.36. The number of carbonyl (C=O) groups is 1. The van der Waals surface area contributed by atoms with Crippen LogP contribution in [-0.4, -0.2) is 17.4 Å². The lowest BCUT2D eigenvalue weighted by Crippen LogP contribution is -2.35. The second-order valence-electron chi connectivity index (χ2n) is 4.86. The van der Waals surface area contributed by atoms with Gasteiger partial charge in [-0.3, -0.25) is 4.79 Å². The van der Waals surface area contributed by atoms with Crippen molar-refractivity contribution in [2.75, 3.05) is 6.54 Å². The van der Waals surface area contributed by atoms with Crippen LogP contribution in [0.4, 0.5) is 0 Å². The minimum atomic E-state index is -0.00477. The average Bonchev–Trinajstić information content (AvgIpc) is 2.95. The van der Waals surface area contributed by atoms with Gasteiger partial charge < -0.3 is 15.1 Å². The summed E-state index contributed by atoms with van der Waals surface area (Å²) in [7, 11) is 0. The lowest BCUT2D eigenvalue weighted by atomic mass is 9.99. The highest BCUT2D eigenvalue weighted by molar-refractivity contribution is 9.10. The van der Waals surface area contributed by atoms with Gasteiger partial charge in [-0.15, -0.1) is 12.4 Å². The summed E-state index contributed by atoms with van der Waals surface area (Å²) in [6, 6.07) is 7.88. The lowest BCUT2D eigenvalue weighted by Gasteiger charge is -2.29. The maximum absolute atomic E-state index is 12.5. The van der Waals surface area contributed by atoms with Gasteiger partial charge in [0.2, 0.25) is 0 Å². The van der Waals surface area contributed by atoms with Gasteiger partial charge in [0.15, 0.2) is 0 Å². The number of amides is 1. The Morgan fingerprint density at radius 3 is 2.95 bits per heavy atom. The van der Waals surface area contributed by atoms with E-state index in [4.69, 9.17) is 10.2 Å². The number of nitrogens with two attached hydrogens (primary N) is 1. The van der Waals surface area contributed by atoms with Gasteiger partial charge >= 0.3 is 0 Å². The third-order valence-corrected chi connectivity index (χ3v) is 4.35. The van der Waals surface area contributed by atoms with Gasteiger partial charge in [0.05, 0.1) is 12.1 Å². The van der Waals surface area contributed by atoms with Gasteiger partial charge in [0, 0.05) is 17.6 Å². The Kier molecular flexibility index (Phi) is 5.08. The van der Waals surface area contributed by atoms with Crippen LogP contribution in [0.3, 0.4) is 0 Å². The third kappa shape index (κ3) is 3.15. The number of rotatable bonds is 2. The standard InChI is InChI=1S/C15H15BrN2O2.ClH/c16-14-3-1-2-10-4-5-18(8-13(10)14)15(19)11-6-12(7-17)20-9-11;/h1-3,6,9H,4-5,7-8,17H2;1H. The fourth-order valence-electron chi connectivity index (χ4n) is 2.50. The normalized spacial score (nSPS) is 13.5. The molecule has 1 aliphatic rings. The maximum atomic E-state index is 12.5. The van der Waals surface area contributed by atoms with E-state index >= 15 is 0 Å². The molecule has 1 amide bonds. The van der Waals surface area contributed by atoms with E-state index < -0.39 is 0 Å². The molecule has 0 radical (unpaired) electrons. The molecule has 1 aliphatic heterocycles. The van der Waals surface area contributed by atoms with E-state index in [0.29, 0.717) is 24.4 Å². The van der Waals surface area contributed by atoms with E-state index in [9.17, 15) is 4.79 Å². The molecule has 4 nitrogen and oxygen atoms in total. The number of fused-ring (bicyclic) bond motifs is 1. The zero-order valence-electron chi connectivity index (χ0n) is 11.3. The Morgan fingerprint density at radius 2 is 2.24 bits per heavy atom. The van der Waals surface area contributed by atoms with E-state index in [0.717, 1.165) is 17.4 Å². The Bertz CT molecular complexity index is 657. The molecule has 0 unspecified atom stereocenters. The van der Waals surface area contributed by atoms with Gasteiger partial charge in [0.25, 0.3) is 5.91 Å². The van der Waals surface area contributed by atoms with Crippen molar-refractivity contribution in [2.24, 2.45) is 5.73 Å². The number of hydrogen-bond donors (Lipinski definition) is 1. The van der Waals surface area contributed by atoms with Crippen molar-refractivity contribution in [1.29, 1.82) is 0 Å². The highest BCUT2D eigenvalue weighted by Crippen LogP contribution is 2.27. The molecule has 2 N–H and O–H groups in total. The fraction of sp³-hybridized carbons (Fsp3) is 0.267. The van der Waals surface area contributed by atoms with Crippen molar-refractivity contribution in [3.8, 4) is 0 Å². The minimum Gasteiger partial charge on any atom is -0.467 e. The predicted molar refractivity (Wildman–Crippen MR) is 86.4 cm³/mol. The van der Waals surface area contributed by atoms with E-state index in [2.05, 4.69) is 22.0 Å². The average molecular weight is 372 g/mol. The molecule has 2 aromatic rings. The third-order valence-electron chi connectivity index (χ3n) is 3.61. The number of carbonyl (C=O) groups excluding carboxylic acids is 1. The summed E-state index contributed by atoms with van der Waals surface area (Å²) in [4.78, 5) is 14.3. The zero-order chi connectivity index (χ0) is 14.1. The summed E-state index contributed by atoms with van der Waals surface area (Å²) in [5.41, 5.74) is 8.56. The van der Waals surface area contributed by atoms with E-state index in [1.165, 1.54) is 17.4 Å². The van der Waals surface area contributed by atoms with Crippen LogP contribution in [0.25, 0.3) is 0 Å². The van der Waals surface area contributed by atoms with Crippen molar-refractivity contribution in [3.05, 3.63) is 57.5 Å². The first-order valence-electron chi connectivity index (χ1n) is 6.52. The van der Waals surface area contributed by atoms with Crippen LogP contribution in [-0.2, 0) is 19.5 Å². The Hall–Kier alpha value is -1.30. The molecule has 0 spiro atoms. The molecule has 0 aliphatic carbocycles. The molecule has 6 heteroatoms. The smallest absolute Gasteiger partial charge is 0.257 e. The Balaban J connectivity index is 0.00000161. The summed E-state index contributed by atoms with van der Waals surface area (Å²) < 4.78 is 6.29. The molecule has 1 aromatic heterocycles. The first-order chi connectivity index (χ1) is 9.69. The van der Waals surface area contributed by atoms with E-state index in [-0.39, 0.29) is 18.3 Å². The summed E-state index contributed by atoms with van der Waals surface area (Å²) in [6.45, 7) is 1.66. The van der Waals surface area contributed by atoms with Crippen LogP contribution >= 0.6 is 28.3 Å². The molecule has 0 atom stereocenters. The van der Waals surface area contributed by atoms with Crippen molar-refractivity contribution < 1.29 is 9.21 Å². The monoisotopic (exact) mass is 370 g/mol. The first-order valence-corrected chi connectivity index (χ1v) is 7.31. The number of halogens is 2. The maximum Gasteiger partial charge on any atom is 0.257 e. The van der Waals surface area contributed by atoms with Crippen molar-refractivity contribution in [2.45, 2.75) is 19.5 Å². The van der Waals surface area contributed by atoms with Crippen LogP contribution in [0.1, 0.15) is 27.2 Å². The molecule has 0 fully saturated rings. The zero-order valence-corrected chi connectivity index (χ0v) is 13.7. The fourth-order valence-corrected chi connectivity index (χ4v) is 3.03. The number of nitrogens with zero attached hydrogens (tertiary/aromatic N) is 1. The topological polar surface area (TPSA) is 59.5 Å². The first kappa shape index (κ1) is 16.1. The second kappa shape index (κ2) is 6.64. The molecule has 3 rings (SSSR count). The summed E-state index contributed by atoms with van der Waals surface area (Å²) in [5.74, 6) is 0.627. The molecule has 0 saturated heterocycles. The summed E-state index contributed by atoms with van der Waals surface area (Å²) in [5, 5.41) is 0. The van der Waals surface area contributed by atoms with Crippen LogP contribution in [0.15, 0.2) is 39.4 Å². The molecule has 2 heterocycles. The number of hydrogen-bond acceptors (Lipinski definition) is 3. The molecule has 0 bridgehead atoms. The van der Waals surface area contributed by atoms with Gasteiger partial charge in [-0.05, 0) is 29.7 Å². The number of benzene rings is 1. The molecular weight excluding hydrogens is 356 g/mol. The molecule has 0 saturated carbocycles. The molecule has 1 aromatic carbocycles. The van der Waals surface area contributed by atoms with Crippen LogP contribution in [0.2, 0.25) is 0 Å². The number of furan rings is 1. The van der Waals surface area contributed by atoms with Crippen LogP contribution in [0.5, 0.6) is 0 Å². The van der Waals surface area contributed by atoms with E-state index in [1.54, 1.807) is 6.07 Å². The molecular formula is C15H16BrClN2O2. The summed E-state index contributed by atoms with van der Waals surface area (Å²) >= 11 is 3.56. The Labute approximate surface area is 137 Å². The second-order valence-corrected chi connectivity index (χ2v) is 5.71. The minimum absolute atomic E-state index is 0. The van der Waals surface area contributed by atoms with Gasteiger partial charge in [0.1, 0.15) is 12.0 Å². The van der Waals surface area contributed by atoms with Gasteiger partial charge in [-0.2, -0.15) is 0 Å². The van der Waals surface area contributed by atoms with Crippen molar-refractivity contribution in [3.63, 3.8) is 0 Å². The SMILES string of the molecule is Cl.NCc1cc(C(=O)N2CCc3cccc(Br)c3C2)co1.